The summed E-state index contributed by atoms with van der Waals surface area (Å²) in [7, 11) is 0. The number of nitrogens with zero attached hydrogens (tertiary/aromatic N) is 1. The highest BCUT2D eigenvalue weighted by molar-refractivity contribution is 6.34. The summed E-state index contributed by atoms with van der Waals surface area (Å²) in [6.07, 6.45) is 3.29. The summed E-state index contributed by atoms with van der Waals surface area (Å²) in [5.41, 5.74) is 3.22. The Kier molecular flexibility index (Phi) is 2.84. The Bertz CT molecular complexity index is 806. The quantitative estimate of drug-likeness (QED) is 0.687. The van der Waals surface area contributed by atoms with Gasteiger partial charge in [0, 0.05) is 18.0 Å². The van der Waals surface area contributed by atoms with Crippen LogP contribution in [0.5, 0.6) is 0 Å². The lowest BCUT2D eigenvalue weighted by molar-refractivity contribution is 1.31. The molecule has 1 aromatic carbocycles. The first-order valence-corrected chi connectivity index (χ1v) is 6.27. The van der Waals surface area contributed by atoms with Crippen molar-refractivity contribution in [2.24, 2.45) is 0 Å². The molecule has 0 saturated carbocycles. The second-order valence-corrected chi connectivity index (χ2v) is 4.78. The molecule has 0 spiro atoms. The number of H-pyrrole nitrogens is 1. The molecular formula is C15H11ClN2O. The fourth-order valence-corrected chi connectivity index (χ4v) is 2.31. The number of aryl methyl sites for hydroxylation is 1. The molecule has 0 aliphatic carbocycles. The summed E-state index contributed by atoms with van der Waals surface area (Å²) in [5.74, 6) is 0. The van der Waals surface area contributed by atoms with E-state index >= 15 is 0 Å². The van der Waals surface area contributed by atoms with Gasteiger partial charge in [-0.1, -0.05) is 41.4 Å². The van der Waals surface area contributed by atoms with Crippen LogP contribution in [0.15, 0.2) is 47.5 Å². The van der Waals surface area contributed by atoms with Crippen molar-refractivity contribution in [3.8, 4) is 11.1 Å². The third-order valence-electron chi connectivity index (χ3n) is 3.11. The number of hydrogen-bond donors (Lipinski definition) is 1. The molecule has 0 atom stereocenters. The lowest BCUT2D eigenvalue weighted by Crippen LogP contribution is -2.07. The van der Waals surface area contributed by atoms with E-state index in [2.05, 4.69) is 9.97 Å². The minimum Gasteiger partial charge on any atom is -0.360 e. The van der Waals surface area contributed by atoms with Crippen molar-refractivity contribution in [3.63, 3.8) is 0 Å². The average Bonchev–Trinajstić information content (AvgIpc) is 2.40. The van der Waals surface area contributed by atoms with Crippen molar-refractivity contribution in [2.45, 2.75) is 6.92 Å². The second kappa shape index (κ2) is 4.52. The molecule has 19 heavy (non-hydrogen) atoms. The standard InChI is InChI=1S/C15H11ClN2O/c1-9-2-4-10(5-3-9)11-8-18-12-6-7-17-15(16)13(12)14(11)19/h2-8H,1H3,(H,18,19). The first-order chi connectivity index (χ1) is 9.16. The van der Waals surface area contributed by atoms with E-state index in [1.165, 1.54) is 0 Å². The Balaban J connectivity index is 2.32. The van der Waals surface area contributed by atoms with Crippen molar-refractivity contribution >= 4 is 22.5 Å². The summed E-state index contributed by atoms with van der Waals surface area (Å²) in [6, 6.07) is 9.54. The molecule has 3 aromatic rings. The Morgan fingerprint density at radius 1 is 1.16 bits per heavy atom. The number of fused-ring (bicyclic) bond motifs is 1. The third-order valence-corrected chi connectivity index (χ3v) is 3.40. The SMILES string of the molecule is Cc1ccc(-c2c[nH]c3ccnc(Cl)c3c2=O)cc1. The van der Waals surface area contributed by atoms with E-state index in [4.69, 9.17) is 11.6 Å². The van der Waals surface area contributed by atoms with Crippen molar-refractivity contribution < 1.29 is 0 Å². The number of pyridine rings is 2. The van der Waals surface area contributed by atoms with E-state index in [1.807, 2.05) is 31.2 Å². The topological polar surface area (TPSA) is 45.8 Å². The maximum atomic E-state index is 12.5. The van der Waals surface area contributed by atoms with Gasteiger partial charge in [0.1, 0.15) is 5.15 Å². The van der Waals surface area contributed by atoms with Gasteiger partial charge < -0.3 is 4.98 Å². The van der Waals surface area contributed by atoms with Gasteiger partial charge in [0.25, 0.3) is 0 Å². The molecular weight excluding hydrogens is 260 g/mol. The Labute approximate surface area is 114 Å². The number of aromatic nitrogens is 2. The highest BCUT2D eigenvalue weighted by atomic mass is 35.5. The molecule has 0 unspecified atom stereocenters. The van der Waals surface area contributed by atoms with E-state index in [9.17, 15) is 4.79 Å². The number of rotatable bonds is 1. The van der Waals surface area contributed by atoms with Crippen LogP contribution in [0.25, 0.3) is 22.0 Å². The van der Waals surface area contributed by atoms with Crippen molar-refractivity contribution in [1.29, 1.82) is 0 Å². The molecule has 1 N–H and O–H groups in total. The van der Waals surface area contributed by atoms with Crippen LogP contribution in [0.4, 0.5) is 0 Å². The molecule has 2 heterocycles. The van der Waals surface area contributed by atoms with E-state index in [-0.39, 0.29) is 10.6 Å². The third kappa shape index (κ3) is 2.02. The number of hydrogen-bond acceptors (Lipinski definition) is 2. The van der Waals surface area contributed by atoms with Crippen molar-refractivity contribution in [3.05, 3.63) is 63.7 Å². The largest absolute Gasteiger partial charge is 0.360 e. The zero-order valence-electron chi connectivity index (χ0n) is 10.3. The Hall–Kier alpha value is -2.13. The van der Waals surface area contributed by atoms with Gasteiger partial charge in [-0.3, -0.25) is 4.79 Å². The van der Waals surface area contributed by atoms with Crippen LogP contribution in [0, 0.1) is 6.92 Å². The number of aromatic amines is 1. The van der Waals surface area contributed by atoms with E-state index in [0.717, 1.165) is 11.1 Å². The summed E-state index contributed by atoms with van der Waals surface area (Å²) in [4.78, 5) is 19.5. The highest BCUT2D eigenvalue weighted by Gasteiger charge is 2.10. The minimum absolute atomic E-state index is 0.101. The van der Waals surface area contributed by atoms with Gasteiger partial charge in [0.05, 0.1) is 10.9 Å². The molecule has 0 radical (unpaired) electrons. The molecule has 0 amide bonds. The molecule has 0 bridgehead atoms. The molecule has 3 nitrogen and oxygen atoms in total. The van der Waals surface area contributed by atoms with E-state index in [1.54, 1.807) is 18.5 Å². The molecule has 0 saturated heterocycles. The van der Waals surface area contributed by atoms with Crippen molar-refractivity contribution in [1.82, 2.24) is 9.97 Å². The first-order valence-electron chi connectivity index (χ1n) is 5.90. The van der Waals surface area contributed by atoms with Crippen molar-refractivity contribution in [2.75, 3.05) is 0 Å². The fraction of sp³-hybridized carbons (Fsp3) is 0.0667. The average molecular weight is 271 g/mol. The fourth-order valence-electron chi connectivity index (χ4n) is 2.07. The van der Waals surface area contributed by atoms with Crippen LogP contribution in [0.3, 0.4) is 0 Å². The predicted octanol–water partition coefficient (Wildman–Crippen LogP) is 3.55. The van der Waals surface area contributed by atoms with Gasteiger partial charge in [0.2, 0.25) is 0 Å². The number of benzene rings is 1. The van der Waals surface area contributed by atoms with Crippen LogP contribution in [0.2, 0.25) is 5.15 Å². The maximum absolute atomic E-state index is 12.5. The smallest absolute Gasteiger partial charge is 0.200 e. The highest BCUT2D eigenvalue weighted by Crippen LogP contribution is 2.21. The van der Waals surface area contributed by atoms with Gasteiger partial charge in [-0.15, -0.1) is 0 Å². The number of nitrogens with one attached hydrogen (secondary N) is 1. The molecule has 0 aliphatic rings. The second-order valence-electron chi connectivity index (χ2n) is 4.42. The number of halogens is 1. The van der Waals surface area contributed by atoms with Crippen LogP contribution < -0.4 is 5.43 Å². The molecule has 3 rings (SSSR count). The van der Waals surface area contributed by atoms with Crippen LogP contribution in [-0.2, 0) is 0 Å². The van der Waals surface area contributed by atoms with Gasteiger partial charge in [0.15, 0.2) is 5.43 Å². The van der Waals surface area contributed by atoms with E-state index in [0.29, 0.717) is 16.5 Å². The van der Waals surface area contributed by atoms with Crippen LogP contribution in [-0.4, -0.2) is 9.97 Å². The predicted molar refractivity (Wildman–Crippen MR) is 77.5 cm³/mol. The minimum atomic E-state index is -0.101. The van der Waals surface area contributed by atoms with E-state index < -0.39 is 0 Å². The summed E-state index contributed by atoms with van der Waals surface area (Å²) < 4.78 is 0. The van der Waals surface area contributed by atoms with Gasteiger partial charge in [-0.05, 0) is 18.6 Å². The molecule has 0 fully saturated rings. The lowest BCUT2D eigenvalue weighted by Gasteiger charge is -2.04. The first kappa shape index (κ1) is 11.9. The van der Waals surface area contributed by atoms with Gasteiger partial charge in [-0.25, -0.2) is 4.98 Å². The van der Waals surface area contributed by atoms with Crippen LogP contribution >= 0.6 is 11.6 Å². The molecule has 0 aliphatic heterocycles. The maximum Gasteiger partial charge on any atom is 0.200 e. The van der Waals surface area contributed by atoms with Gasteiger partial charge >= 0.3 is 0 Å². The lowest BCUT2D eigenvalue weighted by atomic mass is 10.0. The molecule has 94 valence electrons. The normalized spacial score (nSPS) is 10.8. The Morgan fingerprint density at radius 3 is 2.63 bits per heavy atom. The molecule has 2 aromatic heterocycles. The zero-order valence-corrected chi connectivity index (χ0v) is 11.0. The summed E-state index contributed by atoms with van der Waals surface area (Å²) in [6.45, 7) is 2.01. The van der Waals surface area contributed by atoms with Crippen LogP contribution in [0.1, 0.15) is 5.56 Å². The Morgan fingerprint density at radius 2 is 1.89 bits per heavy atom. The monoisotopic (exact) mass is 270 g/mol. The van der Waals surface area contributed by atoms with Gasteiger partial charge in [-0.2, -0.15) is 0 Å². The molecule has 4 heteroatoms. The zero-order chi connectivity index (χ0) is 13.4. The summed E-state index contributed by atoms with van der Waals surface area (Å²) in [5, 5.41) is 0.662. The summed E-state index contributed by atoms with van der Waals surface area (Å²) >= 11 is 6.02.